The summed E-state index contributed by atoms with van der Waals surface area (Å²) in [4.78, 5) is 51.4. The summed E-state index contributed by atoms with van der Waals surface area (Å²) in [5.74, 6) is -10.8. The Balaban J connectivity index is 1.60. The molecule has 0 fully saturated rings. The van der Waals surface area contributed by atoms with Crippen molar-refractivity contribution in [3.63, 3.8) is 0 Å². The molecule has 2 heterocycles. The van der Waals surface area contributed by atoms with E-state index in [9.17, 15) is 44.7 Å². The third kappa shape index (κ3) is 3.30. The minimum Gasteiger partial charge on any atom is -0.507 e. The van der Waals surface area contributed by atoms with E-state index in [-0.39, 0.29) is 34.2 Å². The maximum atomic E-state index is 13.8. The van der Waals surface area contributed by atoms with Crippen molar-refractivity contribution in [3.8, 4) is 17.2 Å². The van der Waals surface area contributed by atoms with E-state index in [1.807, 2.05) is 0 Å². The van der Waals surface area contributed by atoms with E-state index >= 15 is 0 Å². The highest BCUT2D eigenvalue weighted by Crippen LogP contribution is 2.60. The molecule has 12 nitrogen and oxygen atoms in total. The number of fused-ring (bicyclic) bond motifs is 7. The van der Waals surface area contributed by atoms with Gasteiger partial charge >= 0.3 is 11.9 Å². The van der Waals surface area contributed by atoms with Gasteiger partial charge in [0.25, 0.3) is 5.79 Å². The van der Waals surface area contributed by atoms with E-state index in [0.717, 1.165) is 6.07 Å². The standard InChI is InChI=1S/C28H20O12/c29-11(9-18(33)34)7-8-27(38)14-4-2-6-16(31)22(14)28(40-27)23-20-13(10-17(32)21(23)26(37)39-28)24(35)12-3-1-5-15(30)19(12)25(20)36/h1-6,10-11,29-32,38H,7-9H2,(H,33,34). The van der Waals surface area contributed by atoms with E-state index in [0.29, 0.717) is 0 Å². The van der Waals surface area contributed by atoms with Crippen LogP contribution >= 0.6 is 0 Å². The molecule has 3 atom stereocenters. The van der Waals surface area contributed by atoms with E-state index in [4.69, 9.17) is 14.6 Å². The number of phenols is 3. The number of ketones is 2. The molecule has 204 valence electrons. The number of benzene rings is 3. The summed E-state index contributed by atoms with van der Waals surface area (Å²) in [6.07, 6.45) is -2.76. The minimum absolute atomic E-state index is 0.120. The maximum Gasteiger partial charge on any atom is 0.345 e. The first kappa shape index (κ1) is 25.5. The van der Waals surface area contributed by atoms with Gasteiger partial charge in [0, 0.05) is 28.7 Å². The molecule has 2 aliphatic heterocycles. The highest BCUT2D eigenvalue weighted by atomic mass is 16.8. The monoisotopic (exact) mass is 548 g/mol. The second kappa shape index (κ2) is 8.36. The summed E-state index contributed by atoms with van der Waals surface area (Å²) >= 11 is 0. The number of ether oxygens (including phenoxy) is 2. The van der Waals surface area contributed by atoms with Gasteiger partial charge in [-0.1, -0.05) is 24.3 Å². The Kier molecular flexibility index (Phi) is 5.33. The highest BCUT2D eigenvalue weighted by Gasteiger charge is 2.64. The number of aliphatic hydroxyl groups is 2. The largest absolute Gasteiger partial charge is 0.507 e. The number of carbonyl (C=O) groups excluding carboxylic acids is 3. The number of hydrogen-bond donors (Lipinski definition) is 6. The van der Waals surface area contributed by atoms with Crippen LogP contribution in [0, 0.1) is 0 Å². The molecule has 40 heavy (non-hydrogen) atoms. The lowest BCUT2D eigenvalue weighted by molar-refractivity contribution is -0.308. The van der Waals surface area contributed by atoms with Gasteiger partial charge in [0.1, 0.15) is 22.8 Å². The molecule has 1 spiro atoms. The summed E-state index contributed by atoms with van der Waals surface area (Å²) < 4.78 is 11.6. The van der Waals surface area contributed by atoms with Gasteiger partial charge in [-0.25, -0.2) is 4.79 Å². The van der Waals surface area contributed by atoms with Crippen LogP contribution in [-0.4, -0.2) is 60.2 Å². The zero-order chi connectivity index (χ0) is 28.7. The Morgan fingerprint density at radius 2 is 1.55 bits per heavy atom. The van der Waals surface area contributed by atoms with Gasteiger partial charge in [0.05, 0.1) is 29.2 Å². The van der Waals surface area contributed by atoms with Gasteiger partial charge in [-0.3, -0.25) is 19.1 Å². The third-order valence-corrected chi connectivity index (χ3v) is 7.39. The summed E-state index contributed by atoms with van der Waals surface area (Å²) in [7, 11) is 0. The second-order valence-electron chi connectivity index (χ2n) is 9.81. The predicted molar refractivity (Wildman–Crippen MR) is 130 cm³/mol. The van der Waals surface area contributed by atoms with Crippen LogP contribution in [0.5, 0.6) is 17.2 Å². The molecule has 0 saturated heterocycles. The lowest BCUT2D eigenvalue weighted by Gasteiger charge is -2.31. The molecule has 0 radical (unpaired) electrons. The molecule has 3 aromatic rings. The fraction of sp³-hybridized carbons (Fsp3) is 0.214. The number of carbonyl (C=O) groups is 4. The predicted octanol–water partition coefficient (Wildman–Crippen LogP) is 1.74. The van der Waals surface area contributed by atoms with Crippen molar-refractivity contribution < 1.29 is 59.3 Å². The molecule has 0 bridgehead atoms. The SMILES string of the molecule is O=C(O)CC(O)CCC1(O)OC2(OC(=O)c3c(O)cc4c(c32)C(=O)c2c(O)cccc2C4=O)c2c(O)cccc21. The van der Waals surface area contributed by atoms with E-state index in [2.05, 4.69) is 0 Å². The first-order chi connectivity index (χ1) is 18.9. The molecule has 3 unspecified atom stereocenters. The van der Waals surface area contributed by atoms with Gasteiger partial charge in [-0.05, 0) is 24.6 Å². The van der Waals surface area contributed by atoms with Crippen LogP contribution in [0.25, 0.3) is 0 Å². The van der Waals surface area contributed by atoms with Crippen LogP contribution in [0.2, 0.25) is 0 Å². The highest BCUT2D eigenvalue weighted by molar-refractivity contribution is 6.31. The molecule has 3 aliphatic rings. The molecule has 0 amide bonds. The lowest BCUT2D eigenvalue weighted by atomic mass is 9.77. The van der Waals surface area contributed by atoms with Crippen LogP contribution < -0.4 is 0 Å². The number of aliphatic carboxylic acids is 1. The summed E-state index contributed by atoms with van der Waals surface area (Å²) in [6, 6.07) is 8.69. The molecule has 1 aliphatic carbocycles. The molecular formula is C28H20O12. The summed E-state index contributed by atoms with van der Waals surface area (Å²) in [6.45, 7) is 0. The lowest BCUT2D eigenvalue weighted by Crippen LogP contribution is -2.36. The van der Waals surface area contributed by atoms with E-state index < -0.39 is 88.0 Å². The van der Waals surface area contributed by atoms with Crippen molar-refractivity contribution in [1.82, 2.24) is 0 Å². The van der Waals surface area contributed by atoms with Crippen molar-refractivity contribution >= 4 is 23.5 Å². The normalized spacial score (nSPS) is 22.9. The first-order valence-corrected chi connectivity index (χ1v) is 12.1. The number of esters is 1. The Morgan fingerprint density at radius 3 is 2.27 bits per heavy atom. The average Bonchev–Trinajstić information content (AvgIpc) is 3.32. The molecule has 12 heteroatoms. The van der Waals surface area contributed by atoms with Gasteiger partial charge < -0.3 is 35.4 Å². The molecule has 6 rings (SSSR count). The number of carboxylic acids is 1. The van der Waals surface area contributed by atoms with Crippen molar-refractivity contribution in [2.24, 2.45) is 0 Å². The number of rotatable bonds is 5. The summed E-state index contributed by atoms with van der Waals surface area (Å²) in [5.41, 5.74) is -2.70. The van der Waals surface area contributed by atoms with Crippen LogP contribution in [0.4, 0.5) is 0 Å². The van der Waals surface area contributed by atoms with Crippen molar-refractivity contribution in [2.75, 3.05) is 0 Å². The topological polar surface area (TPSA) is 208 Å². The summed E-state index contributed by atoms with van der Waals surface area (Å²) in [5, 5.41) is 62.9. The van der Waals surface area contributed by atoms with Crippen LogP contribution in [0.15, 0.2) is 42.5 Å². The Labute approximate surface area is 224 Å². The van der Waals surface area contributed by atoms with Crippen molar-refractivity contribution in [3.05, 3.63) is 87.0 Å². The number of carboxylic acid groups (broad SMARTS) is 1. The van der Waals surface area contributed by atoms with Crippen molar-refractivity contribution in [2.45, 2.75) is 36.9 Å². The number of aromatic hydroxyl groups is 3. The molecule has 6 N–H and O–H groups in total. The zero-order valence-electron chi connectivity index (χ0n) is 20.4. The average molecular weight is 548 g/mol. The Hall–Kier alpha value is -4.78. The fourth-order valence-electron chi connectivity index (χ4n) is 5.74. The third-order valence-electron chi connectivity index (χ3n) is 7.39. The van der Waals surface area contributed by atoms with Gasteiger partial charge in [0.2, 0.25) is 0 Å². The van der Waals surface area contributed by atoms with Gasteiger partial charge in [-0.15, -0.1) is 0 Å². The molecular weight excluding hydrogens is 528 g/mol. The maximum absolute atomic E-state index is 13.8. The van der Waals surface area contributed by atoms with Crippen LogP contribution in [0.1, 0.15) is 78.2 Å². The van der Waals surface area contributed by atoms with E-state index in [1.54, 1.807) is 0 Å². The number of hydrogen-bond acceptors (Lipinski definition) is 11. The fourth-order valence-corrected chi connectivity index (χ4v) is 5.74. The Morgan fingerprint density at radius 1 is 0.850 bits per heavy atom. The van der Waals surface area contributed by atoms with Gasteiger partial charge in [-0.2, -0.15) is 0 Å². The molecule has 0 saturated carbocycles. The first-order valence-electron chi connectivity index (χ1n) is 12.1. The van der Waals surface area contributed by atoms with Crippen LogP contribution in [-0.2, 0) is 25.8 Å². The smallest absolute Gasteiger partial charge is 0.345 e. The van der Waals surface area contributed by atoms with E-state index in [1.165, 1.54) is 36.4 Å². The Bertz CT molecular complexity index is 1690. The van der Waals surface area contributed by atoms with Gasteiger partial charge in [0.15, 0.2) is 17.4 Å². The number of phenolic OH excluding ortho intramolecular Hbond substituents is 3. The zero-order valence-corrected chi connectivity index (χ0v) is 20.4. The van der Waals surface area contributed by atoms with Crippen LogP contribution in [0.3, 0.4) is 0 Å². The minimum atomic E-state index is -2.54. The molecule has 0 aromatic heterocycles. The second-order valence-corrected chi connectivity index (χ2v) is 9.81. The molecule has 3 aromatic carbocycles. The quantitative estimate of drug-likeness (QED) is 0.197. The number of aliphatic hydroxyl groups excluding tert-OH is 1. The van der Waals surface area contributed by atoms with Crippen molar-refractivity contribution in [1.29, 1.82) is 0 Å².